The van der Waals surface area contributed by atoms with Gasteiger partial charge in [0, 0.05) is 26.2 Å². The highest BCUT2D eigenvalue weighted by atomic mass is 16.6. The second-order valence-electron chi connectivity index (χ2n) is 5.79. The Labute approximate surface area is 116 Å². The molecule has 0 aromatic heterocycles. The summed E-state index contributed by atoms with van der Waals surface area (Å²) in [5, 5.41) is 3.26. The van der Waals surface area contributed by atoms with Crippen molar-refractivity contribution in [3.63, 3.8) is 0 Å². The van der Waals surface area contributed by atoms with Crippen LogP contribution < -0.4 is 5.32 Å². The molecule has 1 atom stereocenters. The first kappa shape index (κ1) is 15.8. The Hall–Kier alpha value is -1.26. The van der Waals surface area contributed by atoms with E-state index in [1.54, 1.807) is 0 Å². The van der Waals surface area contributed by atoms with Gasteiger partial charge >= 0.3 is 5.97 Å². The molecule has 5 nitrogen and oxygen atoms in total. The number of nitrogens with zero attached hydrogens (tertiary/aromatic N) is 2. The van der Waals surface area contributed by atoms with Gasteiger partial charge in [-0.15, -0.1) is 0 Å². The number of ether oxygens (including phenoxy) is 1. The number of hydrogen-bond acceptors (Lipinski definition) is 3. The van der Waals surface area contributed by atoms with Crippen molar-refractivity contribution in [2.24, 2.45) is 10.9 Å². The van der Waals surface area contributed by atoms with Crippen LogP contribution in [0.4, 0.5) is 0 Å². The van der Waals surface area contributed by atoms with Crippen molar-refractivity contribution in [1.82, 2.24) is 10.2 Å². The predicted molar refractivity (Wildman–Crippen MR) is 77.2 cm³/mol. The molecule has 0 spiro atoms. The molecule has 19 heavy (non-hydrogen) atoms. The number of carbonyl (C=O) groups excluding carboxylic acids is 1. The third-order valence-corrected chi connectivity index (χ3v) is 2.87. The van der Waals surface area contributed by atoms with Gasteiger partial charge in [-0.25, -0.2) is 0 Å². The summed E-state index contributed by atoms with van der Waals surface area (Å²) in [6.45, 7) is 12.9. The zero-order chi connectivity index (χ0) is 14.5. The fourth-order valence-corrected chi connectivity index (χ4v) is 2.11. The summed E-state index contributed by atoms with van der Waals surface area (Å²) in [6, 6.07) is 0. The molecule has 1 saturated heterocycles. The van der Waals surface area contributed by atoms with Crippen molar-refractivity contribution in [2.75, 3.05) is 26.2 Å². The summed E-state index contributed by atoms with van der Waals surface area (Å²) in [4.78, 5) is 18.6. The fourth-order valence-electron chi connectivity index (χ4n) is 2.11. The second-order valence-corrected chi connectivity index (χ2v) is 5.79. The molecule has 0 bridgehead atoms. The molecule has 1 fully saturated rings. The monoisotopic (exact) mass is 269 g/mol. The number of carbonyl (C=O) groups is 1. The van der Waals surface area contributed by atoms with Gasteiger partial charge in [-0.05, 0) is 41.0 Å². The van der Waals surface area contributed by atoms with Crippen LogP contribution in [0.25, 0.3) is 0 Å². The van der Waals surface area contributed by atoms with Crippen molar-refractivity contribution in [3.8, 4) is 0 Å². The first-order valence-corrected chi connectivity index (χ1v) is 7.13. The van der Waals surface area contributed by atoms with Crippen LogP contribution >= 0.6 is 0 Å². The van der Waals surface area contributed by atoms with Gasteiger partial charge in [0.1, 0.15) is 5.60 Å². The molecule has 0 aliphatic carbocycles. The molecule has 1 aliphatic heterocycles. The van der Waals surface area contributed by atoms with E-state index in [2.05, 4.69) is 15.2 Å². The lowest BCUT2D eigenvalue weighted by Crippen LogP contribution is -2.41. The molecule has 0 aromatic carbocycles. The number of nitrogens with one attached hydrogen (secondary N) is 1. The van der Waals surface area contributed by atoms with Crippen molar-refractivity contribution < 1.29 is 9.53 Å². The van der Waals surface area contributed by atoms with E-state index in [0.29, 0.717) is 6.54 Å². The topological polar surface area (TPSA) is 53.9 Å². The Kier molecular flexibility index (Phi) is 5.63. The standard InChI is InChI=1S/C14H27N3O2/c1-6-15-13(16-7-2)17-9-8-11(10-17)12(18)19-14(3,4)5/h11H,6-10H2,1-5H3,(H,15,16). The minimum Gasteiger partial charge on any atom is -0.460 e. The molecular formula is C14H27N3O2. The van der Waals surface area contributed by atoms with Crippen LogP contribution in [0, 0.1) is 5.92 Å². The first-order valence-electron chi connectivity index (χ1n) is 7.13. The average Bonchev–Trinajstić information content (AvgIpc) is 2.75. The minimum absolute atomic E-state index is 0.0417. The van der Waals surface area contributed by atoms with E-state index in [1.807, 2.05) is 34.6 Å². The van der Waals surface area contributed by atoms with Gasteiger partial charge in [-0.1, -0.05) is 0 Å². The number of likely N-dealkylation sites (tertiary alicyclic amines) is 1. The van der Waals surface area contributed by atoms with Gasteiger partial charge in [-0.2, -0.15) is 0 Å². The molecule has 0 aromatic rings. The maximum atomic E-state index is 12.0. The van der Waals surface area contributed by atoms with Gasteiger partial charge in [0.15, 0.2) is 5.96 Å². The smallest absolute Gasteiger partial charge is 0.311 e. The summed E-state index contributed by atoms with van der Waals surface area (Å²) < 4.78 is 5.44. The van der Waals surface area contributed by atoms with Crippen molar-refractivity contribution in [3.05, 3.63) is 0 Å². The van der Waals surface area contributed by atoms with E-state index in [9.17, 15) is 4.79 Å². The number of guanidine groups is 1. The Morgan fingerprint density at radius 3 is 2.63 bits per heavy atom. The summed E-state index contributed by atoms with van der Waals surface area (Å²) in [7, 11) is 0. The van der Waals surface area contributed by atoms with E-state index in [4.69, 9.17) is 4.74 Å². The number of rotatable bonds is 3. The third kappa shape index (κ3) is 5.09. The normalized spacial score (nSPS) is 20.6. The number of aliphatic imine (C=N–C) groups is 1. The zero-order valence-corrected chi connectivity index (χ0v) is 12.8. The molecule has 1 heterocycles. The van der Waals surface area contributed by atoms with Crippen LogP contribution in [0.5, 0.6) is 0 Å². The van der Waals surface area contributed by atoms with Crippen molar-refractivity contribution in [2.45, 2.75) is 46.6 Å². The second kappa shape index (κ2) is 6.78. The van der Waals surface area contributed by atoms with E-state index in [1.165, 1.54) is 0 Å². The van der Waals surface area contributed by atoms with Crippen molar-refractivity contribution >= 4 is 11.9 Å². The van der Waals surface area contributed by atoms with Crippen molar-refractivity contribution in [1.29, 1.82) is 0 Å². The lowest BCUT2D eigenvalue weighted by Gasteiger charge is -2.23. The van der Waals surface area contributed by atoms with Crippen LogP contribution in [-0.4, -0.2) is 48.6 Å². The maximum absolute atomic E-state index is 12.0. The van der Waals surface area contributed by atoms with Gasteiger partial charge in [0.05, 0.1) is 5.92 Å². The average molecular weight is 269 g/mol. The summed E-state index contributed by atoms with van der Waals surface area (Å²) in [5.74, 6) is 0.762. The Balaban J connectivity index is 2.57. The third-order valence-electron chi connectivity index (χ3n) is 2.87. The quantitative estimate of drug-likeness (QED) is 0.481. The van der Waals surface area contributed by atoms with Gasteiger partial charge in [0.2, 0.25) is 0 Å². The molecule has 0 saturated carbocycles. The lowest BCUT2D eigenvalue weighted by molar-refractivity contribution is -0.159. The van der Waals surface area contributed by atoms with Gasteiger partial charge < -0.3 is 15.0 Å². The molecule has 1 aliphatic rings. The fraction of sp³-hybridized carbons (Fsp3) is 0.857. The minimum atomic E-state index is -0.410. The lowest BCUT2D eigenvalue weighted by atomic mass is 10.1. The Morgan fingerprint density at radius 1 is 1.42 bits per heavy atom. The first-order chi connectivity index (χ1) is 8.87. The van der Waals surface area contributed by atoms with Gasteiger partial charge in [-0.3, -0.25) is 9.79 Å². The van der Waals surface area contributed by atoms with Crippen LogP contribution in [0.3, 0.4) is 0 Å². The van der Waals surface area contributed by atoms with E-state index in [-0.39, 0.29) is 11.9 Å². The van der Waals surface area contributed by atoms with Crippen LogP contribution in [0.2, 0.25) is 0 Å². The number of esters is 1. The summed E-state index contributed by atoms with van der Waals surface area (Å²) in [5.41, 5.74) is -0.410. The molecular weight excluding hydrogens is 242 g/mol. The van der Waals surface area contributed by atoms with E-state index >= 15 is 0 Å². The summed E-state index contributed by atoms with van der Waals surface area (Å²) >= 11 is 0. The Morgan fingerprint density at radius 2 is 2.11 bits per heavy atom. The number of hydrogen-bond donors (Lipinski definition) is 1. The maximum Gasteiger partial charge on any atom is 0.311 e. The zero-order valence-electron chi connectivity index (χ0n) is 12.8. The SMILES string of the molecule is CCN=C(NCC)N1CCC(C(=O)OC(C)(C)C)C1. The highest BCUT2D eigenvalue weighted by molar-refractivity contribution is 5.82. The molecule has 1 N–H and O–H groups in total. The van der Waals surface area contributed by atoms with Crippen LogP contribution in [-0.2, 0) is 9.53 Å². The summed E-state index contributed by atoms with van der Waals surface area (Å²) in [6.07, 6.45) is 0.836. The highest BCUT2D eigenvalue weighted by Gasteiger charge is 2.33. The van der Waals surface area contributed by atoms with Crippen LogP contribution in [0.15, 0.2) is 4.99 Å². The van der Waals surface area contributed by atoms with E-state index in [0.717, 1.165) is 32.0 Å². The predicted octanol–water partition coefficient (Wildman–Crippen LogP) is 1.64. The molecule has 1 rings (SSSR count). The molecule has 110 valence electrons. The molecule has 0 radical (unpaired) electrons. The highest BCUT2D eigenvalue weighted by Crippen LogP contribution is 2.20. The molecule has 0 amide bonds. The van der Waals surface area contributed by atoms with E-state index < -0.39 is 5.60 Å². The molecule has 5 heteroatoms. The largest absolute Gasteiger partial charge is 0.460 e. The molecule has 1 unspecified atom stereocenters. The van der Waals surface area contributed by atoms with Gasteiger partial charge in [0.25, 0.3) is 0 Å². The Bertz CT molecular complexity index is 334. The van der Waals surface area contributed by atoms with Crippen LogP contribution in [0.1, 0.15) is 41.0 Å².